The van der Waals surface area contributed by atoms with E-state index in [9.17, 15) is 9.90 Å². The predicted octanol–water partition coefficient (Wildman–Crippen LogP) is 2.66. The number of rotatable bonds is 0. The first-order chi connectivity index (χ1) is 8.45. The van der Waals surface area contributed by atoms with E-state index >= 15 is 0 Å². The minimum absolute atomic E-state index is 0.0775. The van der Waals surface area contributed by atoms with Crippen molar-refractivity contribution in [3.8, 4) is 0 Å². The molecule has 1 saturated carbocycles. The highest BCUT2D eigenvalue weighted by Gasteiger charge is 2.53. The second-order valence-corrected chi connectivity index (χ2v) is 5.91. The first-order valence-electron chi connectivity index (χ1n) is 6.42. The van der Waals surface area contributed by atoms with Gasteiger partial charge >= 0.3 is 0 Å². The van der Waals surface area contributed by atoms with Gasteiger partial charge in [0.1, 0.15) is 5.76 Å². The van der Waals surface area contributed by atoms with E-state index < -0.39 is 11.5 Å². The van der Waals surface area contributed by atoms with Crippen LogP contribution in [-0.2, 0) is 6.42 Å². The van der Waals surface area contributed by atoms with Gasteiger partial charge in [0.05, 0.1) is 23.8 Å². The van der Waals surface area contributed by atoms with Crippen LogP contribution in [0.3, 0.4) is 0 Å². The summed E-state index contributed by atoms with van der Waals surface area (Å²) in [7, 11) is 0. The molecular weight excluding hydrogens is 228 g/mol. The third-order valence-corrected chi connectivity index (χ3v) is 4.67. The summed E-state index contributed by atoms with van der Waals surface area (Å²) in [5.74, 6) is 0.545. The largest absolute Gasteiger partial charge is 0.468 e. The van der Waals surface area contributed by atoms with Crippen molar-refractivity contribution in [2.75, 3.05) is 0 Å². The summed E-state index contributed by atoms with van der Waals surface area (Å²) in [6.45, 7) is 7.92. The van der Waals surface area contributed by atoms with Crippen molar-refractivity contribution in [2.45, 2.75) is 39.2 Å². The van der Waals surface area contributed by atoms with Crippen LogP contribution in [0.4, 0.5) is 0 Å². The molecule has 0 bridgehead atoms. The Morgan fingerprint density at radius 3 is 3.00 bits per heavy atom. The Labute approximate surface area is 106 Å². The molecule has 3 heteroatoms. The molecule has 1 heterocycles. The predicted molar refractivity (Wildman–Crippen MR) is 67.5 cm³/mol. The van der Waals surface area contributed by atoms with E-state index in [0.29, 0.717) is 18.4 Å². The summed E-state index contributed by atoms with van der Waals surface area (Å²) in [4.78, 5) is 12.7. The number of hydrogen-bond donors (Lipinski definition) is 1. The fraction of sp³-hybridized carbons (Fsp3) is 0.533. The first kappa shape index (κ1) is 11.7. The van der Waals surface area contributed by atoms with Crippen molar-refractivity contribution in [3.63, 3.8) is 0 Å². The van der Waals surface area contributed by atoms with Gasteiger partial charge in [-0.3, -0.25) is 4.79 Å². The number of fused-ring (bicyclic) bond motifs is 2. The van der Waals surface area contributed by atoms with E-state index in [4.69, 9.17) is 4.42 Å². The fourth-order valence-electron chi connectivity index (χ4n) is 3.61. The van der Waals surface area contributed by atoms with Crippen LogP contribution in [0.25, 0.3) is 0 Å². The van der Waals surface area contributed by atoms with E-state index in [1.165, 1.54) is 0 Å². The molecule has 0 radical (unpaired) electrons. The van der Waals surface area contributed by atoms with Crippen LogP contribution in [0.2, 0.25) is 0 Å². The minimum atomic E-state index is -0.462. The van der Waals surface area contributed by atoms with Crippen molar-refractivity contribution in [1.82, 2.24) is 0 Å². The molecule has 0 spiro atoms. The quantitative estimate of drug-likeness (QED) is 0.716. The molecule has 0 aliphatic heterocycles. The lowest BCUT2D eigenvalue weighted by Gasteiger charge is -2.47. The summed E-state index contributed by atoms with van der Waals surface area (Å²) in [6.07, 6.45) is 3.22. The third-order valence-electron chi connectivity index (χ3n) is 4.67. The molecule has 3 nitrogen and oxygen atoms in total. The van der Waals surface area contributed by atoms with Gasteiger partial charge in [-0.2, -0.15) is 0 Å². The number of ketones is 1. The lowest BCUT2D eigenvalue weighted by atomic mass is 9.57. The number of furan rings is 1. The van der Waals surface area contributed by atoms with Gasteiger partial charge in [-0.1, -0.05) is 19.1 Å². The third kappa shape index (κ3) is 1.31. The van der Waals surface area contributed by atoms with E-state index in [1.54, 1.807) is 6.26 Å². The summed E-state index contributed by atoms with van der Waals surface area (Å²) in [6, 6.07) is 0. The number of carbonyl (C=O) groups is 1. The zero-order chi connectivity index (χ0) is 13.1. The van der Waals surface area contributed by atoms with Crippen LogP contribution in [0, 0.1) is 18.3 Å². The van der Waals surface area contributed by atoms with Crippen LogP contribution in [0.5, 0.6) is 0 Å². The van der Waals surface area contributed by atoms with E-state index in [2.05, 4.69) is 6.58 Å². The molecule has 2 aliphatic carbocycles. The number of Topliss-reactive ketones (excluding diaryl/α,β-unsaturated/α-hetero) is 1. The molecular formula is C15H18O3. The average molecular weight is 246 g/mol. The number of aliphatic hydroxyl groups is 1. The van der Waals surface area contributed by atoms with Gasteiger partial charge in [-0.25, -0.2) is 0 Å². The zero-order valence-corrected chi connectivity index (χ0v) is 10.8. The van der Waals surface area contributed by atoms with Crippen LogP contribution in [0.1, 0.15) is 41.4 Å². The highest BCUT2D eigenvalue weighted by molar-refractivity contribution is 6.03. The van der Waals surface area contributed by atoms with E-state index in [-0.39, 0.29) is 11.7 Å². The normalized spacial score (nSPS) is 35.3. The molecule has 0 amide bonds. The second-order valence-electron chi connectivity index (χ2n) is 5.91. The van der Waals surface area contributed by atoms with Crippen molar-refractivity contribution in [1.29, 1.82) is 0 Å². The topological polar surface area (TPSA) is 50.4 Å². The van der Waals surface area contributed by atoms with Crippen LogP contribution in [-0.4, -0.2) is 17.0 Å². The Kier molecular flexibility index (Phi) is 2.33. The highest BCUT2D eigenvalue weighted by Crippen LogP contribution is 2.51. The Morgan fingerprint density at radius 1 is 1.56 bits per heavy atom. The van der Waals surface area contributed by atoms with Crippen LogP contribution in [0.15, 0.2) is 22.8 Å². The molecule has 3 rings (SSSR count). The van der Waals surface area contributed by atoms with Gasteiger partial charge < -0.3 is 9.52 Å². The molecule has 96 valence electrons. The Bertz CT molecular complexity index is 540. The fourth-order valence-corrected chi connectivity index (χ4v) is 3.61. The highest BCUT2D eigenvalue weighted by atomic mass is 16.3. The Balaban J connectivity index is 2.17. The van der Waals surface area contributed by atoms with Crippen molar-refractivity contribution in [3.05, 3.63) is 35.3 Å². The van der Waals surface area contributed by atoms with E-state index in [1.807, 2.05) is 13.8 Å². The summed E-state index contributed by atoms with van der Waals surface area (Å²) < 4.78 is 5.49. The SMILES string of the molecule is C=C1CCC(O)C2(C)Cc3occ(C)c3C(=O)C12. The van der Waals surface area contributed by atoms with Gasteiger partial charge in [0.15, 0.2) is 5.78 Å². The maximum atomic E-state index is 12.7. The smallest absolute Gasteiger partial charge is 0.174 e. The second kappa shape index (κ2) is 3.58. The van der Waals surface area contributed by atoms with Crippen LogP contribution >= 0.6 is 0 Å². The van der Waals surface area contributed by atoms with Gasteiger partial charge in [0.2, 0.25) is 0 Å². The maximum Gasteiger partial charge on any atom is 0.174 e. The maximum absolute atomic E-state index is 12.7. The molecule has 2 aliphatic rings. The average Bonchev–Trinajstić information content (AvgIpc) is 2.66. The lowest BCUT2D eigenvalue weighted by molar-refractivity contribution is -0.0203. The van der Waals surface area contributed by atoms with Crippen molar-refractivity contribution < 1.29 is 14.3 Å². The van der Waals surface area contributed by atoms with Gasteiger partial charge in [-0.15, -0.1) is 0 Å². The van der Waals surface area contributed by atoms with Crippen molar-refractivity contribution >= 4 is 5.78 Å². The zero-order valence-electron chi connectivity index (χ0n) is 10.8. The Morgan fingerprint density at radius 2 is 2.28 bits per heavy atom. The molecule has 1 aromatic heterocycles. The van der Waals surface area contributed by atoms with Gasteiger partial charge in [0.25, 0.3) is 0 Å². The summed E-state index contributed by atoms with van der Waals surface area (Å²) in [5, 5.41) is 10.3. The minimum Gasteiger partial charge on any atom is -0.468 e. The molecule has 0 saturated heterocycles. The molecule has 3 unspecified atom stereocenters. The van der Waals surface area contributed by atoms with Crippen molar-refractivity contribution in [2.24, 2.45) is 11.3 Å². The lowest BCUT2D eigenvalue weighted by Crippen LogP contribution is -2.51. The van der Waals surface area contributed by atoms with Crippen LogP contribution < -0.4 is 0 Å². The van der Waals surface area contributed by atoms with Gasteiger partial charge in [-0.05, 0) is 25.3 Å². The Hall–Kier alpha value is -1.35. The number of aryl methyl sites for hydroxylation is 1. The summed E-state index contributed by atoms with van der Waals surface area (Å²) >= 11 is 0. The number of carbonyl (C=O) groups excluding carboxylic acids is 1. The van der Waals surface area contributed by atoms with Gasteiger partial charge in [0, 0.05) is 11.8 Å². The molecule has 1 N–H and O–H groups in total. The molecule has 0 aromatic carbocycles. The summed E-state index contributed by atoms with van der Waals surface area (Å²) in [5.41, 5.74) is 2.11. The number of aliphatic hydroxyl groups excluding tert-OH is 1. The number of allylic oxidation sites excluding steroid dienone is 1. The van der Waals surface area contributed by atoms with E-state index in [0.717, 1.165) is 23.3 Å². The number of hydrogen-bond acceptors (Lipinski definition) is 3. The molecule has 1 fully saturated rings. The first-order valence-corrected chi connectivity index (χ1v) is 6.42. The molecule has 3 atom stereocenters. The monoisotopic (exact) mass is 246 g/mol. The standard InChI is InChI=1S/C15H18O3/c1-8-4-5-11(16)15(3)6-10-12(9(2)7-18-10)14(17)13(8)15/h7,11,13,16H,1,4-6H2,2-3H3. The molecule has 18 heavy (non-hydrogen) atoms. The molecule has 1 aromatic rings.